The molecule has 1 saturated heterocycles. The summed E-state index contributed by atoms with van der Waals surface area (Å²) in [6.07, 6.45) is 1.82. The molecule has 4 nitrogen and oxygen atoms in total. The summed E-state index contributed by atoms with van der Waals surface area (Å²) in [7, 11) is 1.64. The van der Waals surface area contributed by atoms with Crippen LogP contribution in [0.25, 0.3) is 0 Å². The Labute approximate surface area is 114 Å². The highest BCUT2D eigenvalue weighted by Gasteiger charge is 2.41. The van der Waals surface area contributed by atoms with Crippen LogP contribution < -0.4 is 10.6 Å². The number of benzene rings is 1. The molecule has 4 heteroatoms. The van der Waals surface area contributed by atoms with Crippen molar-refractivity contribution >= 4 is 11.6 Å². The maximum Gasteiger partial charge on any atom is 0.234 e. The molecule has 0 saturated carbocycles. The molecule has 19 heavy (non-hydrogen) atoms. The molecule has 0 aliphatic carbocycles. The van der Waals surface area contributed by atoms with Gasteiger partial charge in [-0.15, -0.1) is 0 Å². The number of amides is 1. The molecule has 0 bridgehead atoms. The molecule has 1 aliphatic heterocycles. The van der Waals surface area contributed by atoms with Gasteiger partial charge in [-0.3, -0.25) is 4.79 Å². The molecule has 1 fully saturated rings. The molecular formula is C15H22N2O2. The largest absolute Gasteiger partial charge is 0.384 e. The fourth-order valence-corrected chi connectivity index (χ4v) is 2.49. The van der Waals surface area contributed by atoms with Gasteiger partial charge in [-0.25, -0.2) is 0 Å². The smallest absolute Gasteiger partial charge is 0.234 e. The Morgan fingerprint density at radius 1 is 1.42 bits per heavy atom. The van der Waals surface area contributed by atoms with Crippen LogP contribution in [0.4, 0.5) is 5.69 Å². The van der Waals surface area contributed by atoms with Gasteiger partial charge in [0.15, 0.2) is 0 Å². The fraction of sp³-hybridized carbons (Fsp3) is 0.533. The Morgan fingerprint density at radius 3 is 2.68 bits per heavy atom. The van der Waals surface area contributed by atoms with Gasteiger partial charge in [-0.1, -0.05) is 19.1 Å². The molecule has 1 atom stereocenters. The molecule has 1 unspecified atom stereocenters. The maximum atomic E-state index is 12.4. The first kappa shape index (κ1) is 14.0. The van der Waals surface area contributed by atoms with Crippen LogP contribution in [0.5, 0.6) is 0 Å². The zero-order chi connectivity index (χ0) is 13.7. The van der Waals surface area contributed by atoms with Crippen molar-refractivity contribution in [2.24, 2.45) is 5.41 Å². The minimum Gasteiger partial charge on any atom is -0.384 e. The van der Waals surface area contributed by atoms with Gasteiger partial charge in [0.1, 0.15) is 0 Å². The number of hydrogen-bond donors (Lipinski definition) is 2. The van der Waals surface area contributed by atoms with E-state index in [1.54, 1.807) is 7.11 Å². The van der Waals surface area contributed by atoms with Crippen molar-refractivity contribution in [2.75, 3.05) is 32.1 Å². The molecule has 0 aromatic heterocycles. The van der Waals surface area contributed by atoms with Crippen LogP contribution in [-0.4, -0.2) is 32.7 Å². The van der Waals surface area contributed by atoms with Gasteiger partial charge in [0.2, 0.25) is 5.91 Å². The molecule has 2 rings (SSSR count). The molecule has 1 amide bonds. The Balaban J connectivity index is 2.05. The second kappa shape index (κ2) is 6.17. The third-order valence-corrected chi connectivity index (χ3v) is 3.77. The molecular weight excluding hydrogens is 240 g/mol. The van der Waals surface area contributed by atoms with Crippen molar-refractivity contribution in [2.45, 2.75) is 19.8 Å². The van der Waals surface area contributed by atoms with Gasteiger partial charge in [0.25, 0.3) is 0 Å². The molecule has 1 aromatic rings. The van der Waals surface area contributed by atoms with E-state index in [0.29, 0.717) is 13.2 Å². The van der Waals surface area contributed by atoms with Crippen molar-refractivity contribution in [1.82, 2.24) is 5.32 Å². The molecule has 0 radical (unpaired) electrons. The quantitative estimate of drug-likeness (QED) is 0.851. The van der Waals surface area contributed by atoms with Crippen LogP contribution in [0, 0.1) is 5.41 Å². The van der Waals surface area contributed by atoms with E-state index in [-0.39, 0.29) is 5.91 Å². The van der Waals surface area contributed by atoms with Gasteiger partial charge >= 0.3 is 0 Å². The van der Waals surface area contributed by atoms with Crippen LogP contribution >= 0.6 is 0 Å². The van der Waals surface area contributed by atoms with E-state index < -0.39 is 5.41 Å². The maximum absolute atomic E-state index is 12.4. The highest BCUT2D eigenvalue weighted by Crippen LogP contribution is 2.27. The van der Waals surface area contributed by atoms with E-state index in [9.17, 15) is 4.79 Å². The number of methoxy groups -OCH3 is 1. The lowest BCUT2D eigenvalue weighted by Crippen LogP contribution is -2.41. The summed E-state index contributed by atoms with van der Waals surface area (Å²) in [5, 5.41) is 6.24. The summed E-state index contributed by atoms with van der Waals surface area (Å²) in [6, 6.07) is 8.01. The second-order valence-corrected chi connectivity index (χ2v) is 5.14. The first-order chi connectivity index (χ1) is 9.20. The number of aryl methyl sites for hydroxylation is 1. The van der Waals surface area contributed by atoms with E-state index in [2.05, 4.69) is 17.6 Å². The SMILES string of the molecule is CCc1ccc(NC(=O)C2(COC)CCNC2)cc1. The minimum atomic E-state index is -0.432. The van der Waals surface area contributed by atoms with Crippen molar-refractivity contribution in [3.8, 4) is 0 Å². The predicted octanol–water partition coefficient (Wildman–Crippen LogP) is 1.81. The molecule has 0 spiro atoms. The topological polar surface area (TPSA) is 50.4 Å². The van der Waals surface area contributed by atoms with Crippen LogP contribution in [-0.2, 0) is 16.0 Å². The highest BCUT2D eigenvalue weighted by molar-refractivity contribution is 5.95. The number of carbonyl (C=O) groups is 1. The van der Waals surface area contributed by atoms with E-state index in [0.717, 1.165) is 25.1 Å². The minimum absolute atomic E-state index is 0.0450. The van der Waals surface area contributed by atoms with Crippen molar-refractivity contribution in [3.05, 3.63) is 29.8 Å². The van der Waals surface area contributed by atoms with E-state index in [4.69, 9.17) is 4.74 Å². The highest BCUT2D eigenvalue weighted by atomic mass is 16.5. The number of nitrogens with one attached hydrogen (secondary N) is 2. The number of anilines is 1. The Kier molecular flexibility index (Phi) is 4.56. The summed E-state index contributed by atoms with van der Waals surface area (Å²) in [5.74, 6) is 0.0450. The lowest BCUT2D eigenvalue weighted by atomic mass is 9.87. The lowest BCUT2D eigenvalue weighted by molar-refractivity contribution is -0.127. The lowest BCUT2D eigenvalue weighted by Gasteiger charge is -2.26. The Morgan fingerprint density at radius 2 is 2.16 bits per heavy atom. The Bertz CT molecular complexity index is 422. The first-order valence-electron chi connectivity index (χ1n) is 6.80. The van der Waals surface area contributed by atoms with Crippen LogP contribution in [0.1, 0.15) is 18.9 Å². The summed E-state index contributed by atoms with van der Waals surface area (Å²) >= 11 is 0. The van der Waals surface area contributed by atoms with E-state index in [1.807, 2.05) is 24.3 Å². The summed E-state index contributed by atoms with van der Waals surface area (Å²) in [4.78, 5) is 12.4. The summed E-state index contributed by atoms with van der Waals surface area (Å²) in [6.45, 7) is 4.12. The molecule has 1 aliphatic rings. The average molecular weight is 262 g/mol. The zero-order valence-corrected chi connectivity index (χ0v) is 11.7. The Hall–Kier alpha value is -1.39. The van der Waals surface area contributed by atoms with Gasteiger partial charge in [-0.05, 0) is 37.1 Å². The third kappa shape index (κ3) is 3.14. The van der Waals surface area contributed by atoms with Crippen LogP contribution in [0.15, 0.2) is 24.3 Å². The number of rotatable bonds is 5. The van der Waals surface area contributed by atoms with Crippen molar-refractivity contribution in [1.29, 1.82) is 0 Å². The normalized spacial score (nSPS) is 22.4. The van der Waals surface area contributed by atoms with Crippen molar-refractivity contribution in [3.63, 3.8) is 0 Å². The first-order valence-corrected chi connectivity index (χ1v) is 6.80. The number of hydrogen-bond acceptors (Lipinski definition) is 3. The van der Waals surface area contributed by atoms with Gasteiger partial charge < -0.3 is 15.4 Å². The van der Waals surface area contributed by atoms with Crippen LogP contribution in [0.3, 0.4) is 0 Å². The van der Waals surface area contributed by atoms with Crippen molar-refractivity contribution < 1.29 is 9.53 Å². The molecule has 1 aromatic carbocycles. The third-order valence-electron chi connectivity index (χ3n) is 3.77. The zero-order valence-electron chi connectivity index (χ0n) is 11.7. The summed E-state index contributed by atoms with van der Waals surface area (Å²) < 4.78 is 5.22. The summed E-state index contributed by atoms with van der Waals surface area (Å²) in [5.41, 5.74) is 1.69. The predicted molar refractivity (Wildman–Crippen MR) is 76.2 cm³/mol. The standard InChI is InChI=1S/C15H22N2O2/c1-3-12-4-6-13(7-5-12)17-14(18)15(11-19-2)8-9-16-10-15/h4-7,16H,3,8-11H2,1-2H3,(H,17,18). The van der Waals surface area contributed by atoms with Gasteiger partial charge in [0, 0.05) is 19.3 Å². The monoisotopic (exact) mass is 262 g/mol. The molecule has 1 heterocycles. The van der Waals surface area contributed by atoms with E-state index in [1.165, 1.54) is 5.56 Å². The number of carbonyl (C=O) groups excluding carboxylic acids is 1. The van der Waals surface area contributed by atoms with E-state index >= 15 is 0 Å². The second-order valence-electron chi connectivity index (χ2n) is 5.14. The number of ether oxygens (including phenoxy) is 1. The molecule has 104 valence electrons. The van der Waals surface area contributed by atoms with Crippen LogP contribution in [0.2, 0.25) is 0 Å². The van der Waals surface area contributed by atoms with Gasteiger partial charge in [0.05, 0.1) is 12.0 Å². The van der Waals surface area contributed by atoms with Gasteiger partial charge in [-0.2, -0.15) is 0 Å². The average Bonchev–Trinajstić information content (AvgIpc) is 2.90. The molecule has 2 N–H and O–H groups in total. The fourth-order valence-electron chi connectivity index (χ4n) is 2.49.